The van der Waals surface area contributed by atoms with Gasteiger partial charge in [-0.25, -0.2) is 14.8 Å². The second kappa shape index (κ2) is 10.8. The molecule has 0 aliphatic carbocycles. The molecular weight excluding hydrogens is 512 g/mol. The highest BCUT2D eigenvalue weighted by Gasteiger charge is 2.39. The summed E-state index contributed by atoms with van der Waals surface area (Å²) in [5, 5.41) is 3.59. The number of benzene rings is 2. The number of aromatic nitrogens is 4. The number of rotatable bonds is 5. The van der Waals surface area contributed by atoms with Crippen LogP contribution in [0.15, 0.2) is 60.9 Å². The summed E-state index contributed by atoms with van der Waals surface area (Å²) in [5.41, 5.74) is 5.93. The normalized spacial score (nSPS) is 22.8. The quantitative estimate of drug-likeness (QED) is 0.239. The lowest BCUT2D eigenvalue weighted by atomic mass is 10.0. The molecule has 4 unspecified atom stereocenters. The maximum absolute atomic E-state index is 12.9. The standard InChI is InChI=1S/C33H40N6O2/c1-20-6-16-26(36-20)30-34-18-27(37-30)24-12-8-22(9-13-24)23-10-14-25(15-11-23)28-19-35-31(38-28)29-17-7-21(2)39(29)32(40)41-33(3,4)5/h8-15,18-21,26,29,36H,6-7,16-17H2,1-5H3,(H,34,37)(H,35,38). The number of nitrogens with one attached hydrogen (secondary N) is 3. The lowest BCUT2D eigenvalue weighted by Gasteiger charge is -2.30. The minimum absolute atomic E-state index is 0.109. The van der Waals surface area contributed by atoms with E-state index < -0.39 is 5.60 Å². The number of amides is 1. The van der Waals surface area contributed by atoms with E-state index in [1.807, 2.05) is 38.1 Å². The van der Waals surface area contributed by atoms with Crippen LogP contribution in [0.5, 0.6) is 0 Å². The Labute approximate surface area is 242 Å². The number of hydrogen-bond acceptors (Lipinski definition) is 5. The molecule has 4 heterocycles. The van der Waals surface area contributed by atoms with Gasteiger partial charge in [-0.2, -0.15) is 0 Å². The third-order valence-corrected chi connectivity index (χ3v) is 8.21. The molecule has 8 heteroatoms. The van der Waals surface area contributed by atoms with Crippen LogP contribution in [-0.4, -0.2) is 48.6 Å². The molecule has 2 aliphatic heterocycles. The van der Waals surface area contributed by atoms with Crippen molar-refractivity contribution in [2.24, 2.45) is 0 Å². The predicted molar refractivity (Wildman–Crippen MR) is 161 cm³/mol. The first kappa shape index (κ1) is 27.3. The minimum Gasteiger partial charge on any atom is -0.444 e. The lowest BCUT2D eigenvalue weighted by molar-refractivity contribution is 0.0152. The largest absolute Gasteiger partial charge is 0.444 e. The van der Waals surface area contributed by atoms with Gasteiger partial charge in [0.05, 0.1) is 35.9 Å². The van der Waals surface area contributed by atoms with Crippen LogP contribution in [0.3, 0.4) is 0 Å². The number of likely N-dealkylation sites (tertiary alicyclic amines) is 1. The SMILES string of the molecule is CC1CCC(c2ncc(-c3ccc(-c4ccc(-c5cnc(C6CCC(C)N6C(=O)OC(C)(C)C)[nH]5)cc4)cc3)[nH]2)N1. The zero-order valence-corrected chi connectivity index (χ0v) is 24.6. The molecule has 2 aromatic carbocycles. The van der Waals surface area contributed by atoms with Crippen molar-refractivity contribution in [1.82, 2.24) is 30.2 Å². The van der Waals surface area contributed by atoms with E-state index in [2.05, 4.69) is 87.6 Å². The van der Waals surface area contributed by atoms with Crippen molar-refractivity contribution in [1.29, 1.82) is 0 Å². The molecule has 41 heavy (non-hydrogen) atoms. The van der Waals surface area contributed by atoms with Crippen LogP contribution in [0.1, 0.15) is 84.0 Å². The number of carbonyl (C=O) groups excluding carboxylic acids is 1. The molecule has 6 rings (SSSR count). The number of carbonyl (C=O) groups is 1. The van der Waals surface area contributed by atoms with E-state index in [0.717, 1.165) is 64.6 Å². The number of H-pyrrole nitrogens is 2. The Kier molecular flexibility index (Phi) is 7.20. The first-order valence-electron chi connectivity index (χ1n) is 14.7. The Bertz CT molecular complexity index is 1500. The monoisotopic (exact) mass is 552 g/mol. The summed E-state index contributed by atoms with van der Waals surface area (Å²) in [7, 11) is 0. The minimum atomic E-state index is -0.533. The third-order valence-electron chi connectivity index (χ3n) is 8.21. The molecule has 8 nitrogen and oxygen atoms in total. The van der Waals surface area contributed by atoms with Crippen molar-refractivity contribution in [3.8, 4) is 33.6 Å². The summed E-state index contributed by atoms with van der Waals surface area (Å²) in [4.78, 5) is 31.0. The van der Waals surface area contributed by atoms with Crippen LogP contribution < -0.4 is 5.32 Å². The summed E-state index contributed by atoms with van der Waals surface area (Å²) in [5.74, 6) is 1.82. The van der Waals surface area contributed by atoms with Crippen molar-refractivity contribution >= 4 is 6.09 Å². The molecule has 4 atom stereocenters. The van der Waals surface area contributed by atoms with Gasteiger partial charge in [0.2, 0.25) is 0 Å². The molecule has 0 spiro atoms. The predicted octanol–water partition coefficient (Wildman–Crippen LogP) is 7.41. The molecular formula is C33H40N6O2. The van der Waals surface area contributed by atoms with Crippen LogP contribution in [0.2, 0.25) is 0 Å². The molecule has 4 aromatic rings. The van der Waals surface area contributed by atoms with Crippen LogP contribution in [0.25, 0.3) is 33.6 Å². The Hall–Kier alpha value is -3.91. The molecule has 2 fully saturated rings. The molecule has 0 radical (unpaired) electrons. The summed E-state index contributed by atoms with van der Waals surface area (Å²) < 4.78 is 5.69. The maximum Gasteiger partial charge on any atom is 0.411 e. The van der Waals surface area contributed by atoms with Crippen molar-refractivity contribution < 1.29 is 9.53 Å². The maximum atomic E-state index is 12.9. The van der Waals surface area contributed by atoms with E-state index >= 15 is 0 Å². The highest BCUT2D eigenvalue weighted by atomic mass is 16.6. The van der Waals surface area contributed by atoms with E-state index in [0.29, 0.717) is 12.1 Å². The van der Waals surface area contributed by atoms with Gasteiger partial charge < -0.3 is 20.0 Å². The van der Waals surface area contributed by atoms with E-state index in [1.165, 1.54) is 6.42 Å². The fourth-order valence-corrected chi connectivity index (χ4v) is 6.01. The molecule has 0 bridgehead atoms. The summed E-state index contributed by atoms with van der Waals surface area (Å²) in [6, 6.07) is 17.9. The van der Waals surface area contributed by atoms with Gasteiger partial charge in [0, 0.05) is 12.1 Å². The Morgan fingerprint density at radius 1 is 0.780 bits per heavy atom. The molecule has 2 aromatic heterocycles. The first-order chi connectivity index (χ1) is 19.6. The second-order valence-corrected chi connectivity index (χ2v) is 12.5. The van der Waals surface area contributed by atoms with Crippen molar-refractivity contribution in [3.05, 3.63) is 72.6 Å². The van der Waals surface area contributed by atoms with E-state index in [-0.39, 0.29) is 18.2 Å². The van der Waals surface area contributed by atoms with Gasteiger partial charge in [-0.15, -0.1) is 0 Å². The average Bonchev–Trinajstić information content (AvgIpc) is 3.74. The zero-order chi connectivity index (χ0) is 28.7. The highest BCUT2D eigenvalue weighted by molar-refractivity contribution is 5.72. The van der Waals surface area contributed by atoms with Crippen molar-refractivity contribution in [2.75, 3.05) is 0 Å². The van der Waals surface area contributed by atoms with Crippen LogP contribution >= 0.6 is 0 Å². The van der Waals surface area contributed by atoms with Gasteiger partial charge in [0.1, 0.15) is 17.2 Å². The van der Waals surface area contributed by atoms with Gasteiger partial charge in [-0.3, -0.25) is 4.90 Å². The number of nitrogens with zero attached hydrogens (tertiary/aromatic N) is 3. The molecule has 0 saturated carbocycles. The average molecular weight is 553 g/mol. The third kappa shape index (κ3) is 5.79. The van der Waals surface area contributed by atoms with Gasteiger partial charge in [-0.05, 0) is 82.6 Å². The lowest BCUT2D eigenvalue weighted by Crippen LogP contribution is -2.40. The van der Waals surface area contributed by atoms with Crippen LogP contribution in [-0.2, 0) is 4.74 Å². The smallest absolute Gasteiger partial charge is 0.411 e. The molecule has 2 aliphatic rings. The summed E-state index contributed by atoms with van der Waals surface area (Å²) in [6.07, 6.45) is 7.59. The Balaban J connectivity index is 1.14. The Morgan fingerprint density at radius 2 is 1.32 bits per heavy atom. The van der Waals surface area contributed by atoms with E-state index in [4.69, 9.17) is 4.74 Å². The molecule has 1 amide bonds. The number of ether oxygens (including phenoxy) is 1. The molecule has 214 valence electrons. The van der Waals surface area contributed by atoms with Gasteiger partial charge in [-0.1, -0.05) is 48.5 Å². The van der Waals surface area contributed by atoms with E-state index in [1.54, 1.807) is 0 Å². The molecule has 3 N–H and O–H groups in total. The second-order valence-electron chi connectivity index (χ2n) is 12.5. The van der Waals surface area contributed by atoms with Gasteiger partial charge in [0.15, 0.2) is 0 Å². The number of hydrogen-bond donors (Lipinski definition) is 3. The summed E-state index contributed by atoms with van der Waals surface area (Å²) >= 11 is 0. The highest BCUT2D eigenvalue weighted by Crippen LogP contribution is 2.37. The van der Waals surface area contributed by atoms with Gasteiger partial charge in [0.25, 0.3) is 0 Å². The number of imidazole rings is 2. The first-order valence-corrected chi connectivity index (χ1v) is 14.7. The topological polar surface area (TPSA) is 98.9 Å². The van der Waals surface area contributed by atoms with Crippen molar-refractivity contribution in [3.63, 3.8) is 0 Å². The Morgan fingerprint density at radius 3 is 1.85 bits per heavy atom. The van der Waals surface area contributed by atoms with Crippen LogP contribution in [0.4, 0.5) is 4.79 Å². The summed E-state index contributed by atoms with van der Waals surface area (Å²) in [6.45, 7) is 9.98. The van der Waals surface area contributed by atoms with Crippen LogP contribution in [0, 0.1) is 0 Å². The van der Waals surface area contributed by atoms with Gasteiger partial charge >= 0.3 is 6.09 Å². The van der Waals surface area contributed by atoms with Crippen molar-refractivity contribution in [2.45, 2.75) is 90.1 Å². The van der Waals surface area contributed by atoms with E-state index in [9.17, 15) is 4.79 Å². The number of aromatic amines is 2. The zero-order valence-electron chi connectivity index (χ0n) is 24.6. The fourth-order valence-electron chi connectivity index (χ4n) is 6.01. The molecule has 2 saturated heterocycles. The fraction of sp³-hybridized carbons (Fsp3) is 0.424.